The number of sulfonamides is 1. The Labute approximate surface area is 327 Å². The molecule has 2 heterocycles. The number of methoxy groups -OCH3 is 1. The number of rotatable bonds is 13. The molecule has 0 aliphatic carbocycles. The molecule has 1 aromatic heterocycles. The van der Waals surface area contributed by atoms with Crippen LogP contribution in [-0.2, 0) is 33.2 Å². The molecular weight excluding hydrogens is 733 g/mol. The summed E-state index contributed by atoms with van der Waals surface area (Å²) in [6.45, 7) is 8.76. The molecule has 1 unspecified atom stereocenters. The van der Waals surface area contributed by atoms with Gasteiger partial charge in [-0.05, 0) is 65.4 Å². The molecule has 1 aliphatic rings. The van der Waals surface area contributed by atoms with Gasteiger partial charge in [-0.3, -0.25) is 9.52 Å². The van der Waals surface area contributed by atoms with Crippen molar-refractivity contribution in [3.8, 4) is 11.4 Å². The lowest BCUT2D eigenvalue weighted by molar-refractivity contribution is 0.102. The largest absolute Gasteiger partial charge is 0.492 e. The Morgan fingerprint density at radius 2 is 1.64 bits per heavy atom. The topological polar surface area (TPSA) is 169 Å². The maximum Gasteiger partial charge on any atom is 0.407 e. The normalized spacial score (nSPS) is 14.0. The lowest BCUT2D eigenvalue weighted by atomic mass is 9.86. The van der Waals surface area contributed by atoms with Crippen molar-refractivity contribution in [3.05, 3.63) is 131 Å². The van der Waals surface area contributed by atoms with E-state index in [-0.39, 0.29) is 29.5 Å². The lowest BCUT2D eigenvalue weighted by Gasteiger charge is -2.24. The van der Waals surface area contributed by atoms with E-state index in [0.29, 0.717) is 36.4 Å². The van der Waals surface area contributed by atoms with Gasteiger partial charge >= 0.3 is 6.09 Å². The summed E-state index contributed by atoms with van der Waals surface area (Å²) < 4.78 is 39.8. The smallest absolute Gasteiger partial charge is 0.407 e. The number of hydrogen-bond acceptors (Lipinski definition) is 10. The molecule has 1 aliphatic heterocycles. The molecule has 56 heavy (non-hydrogen) atoms. The molecule has 0 saturated carbocycles. The summed E-state index contributed by atoms with van der Waals surface area (Å²) in [6, 6.07) is 27.6. The summed E-state index contributed by atoms with van der Waals surface area (Å²) in [5.74, 6) is -0.235. The van der Waals surface area contributed by atoms with Gasteiger partial charge in [-0.2, -0.15) is 10.2 Å². The Kier molecular flexibility index (Phi) is 11.7. The molecule has 0 spiro atoms. The van der Waals surface area contributed by atoms with Crippen LogP contribution < -0.4 is 25.1 Å². The summed E-state index contributed by atoms with van der Waals surface area (Å²) in [4.78, 5) is 26.4. The number of hydrogen-bond donors (Lipinski definition) is 3. The van der Waals surface area contributed by atoms with E-state index in [2.05, 4.69) is 25.7 Å². The Morgan fingerprint density at radius 3 is 2.32 bits per heavy atom. The minimum Gasteiger partial charge on any atom is -0.492 e. The quantitative estimate of drug-likeness (QED) is 0.110. The van der Waals surface area contributed by atoms with E-state index < -0.39 is 22.0 Å². The van der Waals surface area contributed by atoms with Crippen molar-refractivity contribution in [1.82, 2.24) is 15.1 Å². The van der Waals surface area contributed by atoms with Crippen LogP contribution in [0.5, 0.6) is 5.75 Å². The molecule has 6 rings (SSSR count). The maximum atomic E-state index is 13.8. The van der Waals surface area contributed by atoms with Crippen LogP contribution in [0.15, 0.2) is 108 Å². The summed E-state index contributed by atoms with van der Waals surface area (Å²) in [5.41, 5.74) is 6.39. The van der Waals surface area contributed by atoms with Gasteiger partial charge in [-0.15, -0.1) is 0 Å². The number of alkyl carbamates (subject to hydrolysis) is 1. The maximum absolute atomic E-state index is 13.8. The van der Waals surface area contributed by atoms with E-state index in [4.69, 9.17) is 14.6 Å². The highest BCUT2D eigenvalue weighted by atomic mass is 32.2. The van der Waals surface area contributed by atoms with Crippen LogP contribution in [0.4, 0.5) is 21.9 Å². The van der Waals surface area contributed by atoms with Crippen molar-refractivity contribution in [3.63, 3.8) is 0 Å². The van der Waals surface area contributed by atoms with Gasteiger partial charge in [0.2, 0.25) is 10.0 Å². The fourth-order valence-electron chi connectivity index (χ4n) is 6.31. The number of nitrogens with zero attached hydrogens (tertiary/aromatic N) is 5. The molecule has 3 N–H and O–H groups in total. The molecule has 1 atom stereocenters. The molecule has 292 valence electrons. The van der Waals surface area contributed by atoms with Crippen LogP contribution >= 0.6 is 0 Å². The standard InChI is InChI=1S/C41H46N8O6S/c1-27-17-18-29(39(50)44-33-22-30(41(2,3)4)23-34(38(33)54-5)46-56(6,52)53)21-37(27)48-25-35(45-47-48)32-24-43-49(31-15-11-8-12-16-31)36(32)19-20-42-40(51)55-26-28-13-9-7-10-14-28/h7-18,21-24,35,46H,19-20,25-26H2,1-6H3,(H,42,51)(H,44,50). The molecule has 0 bridgehead atoms. The molecule has 0 saturated heterocycles. The Bertz CT molecular complexity index is 2340. The van der Waals surface area contributed by atoms with Gasteiger partial charge in [0.25, 0.3) is 5.91 Å². The molecule has 14 nitrogen and oxygen atoms in total. The van der Waals surface area contributed by atoms with Crippen LogP contribution in [0.3, 0.4) is 0 Å². The van der Waals surface area contributed by atoms with E-state index in [9.17, 15) is 18.0 Å². The first kappa shape index (κ1) is 39.5. The molecule has 15 heteroatoms. The first-order valence-electron chi connectivity index (χ1n) is 18.1. The molecule has 4 aromatic carbocycles. The number of amides is 2. The van der Waals surface area contributed by atoms with Crippen LogP contribution in [0.1, 0.15) is 65.1 Å². The lowest BCUT2D eigenvalue weighted by Crippen LogP contribution is -2.27. The third-order valence-electron chi connectivity index (χ3n) is 9.20. The Balaban J connectivity index is 1.20. The Hall–Kier alpha value is -6.22. The van der Waals surface area contributed by atoms with E-state index >= 15 is 0 Å². The van der Waals surface area contributed by atoms with E-state index in [1.807, 2.05) is 99.1 Å². The first-order valence-corrected chi connectivity index (χ1v) is 20.0. The molecular formula is C41H46N8O6S. The summed E-state index contributed by atoms with van der Waals surface area (Å²) >= 11 is 0. The van der Waals surface area contributed by atoms with Crippen molar-refractivity contribution in [2.24, 2.45) is 10.3 Å². The van der Waals surface area contributed by atoms with Crippen molar-refractivity contribution in [2.45, 2.75) is 52.2 Å². The van der Waals surface area contributed by atoms with Crippen LogP contribution in [-0.4, -0.2) is 56.7 Å². The van der Waals surface area contributed by atoms with Gasteiger partial charge in [-0.25, -0.2) is 22.9 Å². The van der Waals surface area contributed by atoms with E-state index in [1.165, 1.54) is 7.11 Å². The fraction of sp³-hybridized carbons (Fsp3) is 0.293. The summed E-state index contributed by atoms with van der Waals surface area (Å²) in [7, 11) is -2.23. The van der Waals surface area contributed by atoms with E-state index in [0.717, 1.165) is 39.9 Å². The van der Waals surface area contributed by atoms with Gasteiger partial charge < -0.3 is 20.1 Å². The highest BCUT2D eigenvalue weighted by molar-refractivity contribution is 7.92. The number of carbonyl (C=O) groups is 2. The fourth-order valence-corrected chi connectivity index (χ4v) is 6.86. The number of anilines is 3. The third kappa shape index (κ3) is 9.52. The minimum atomic E-state index is -3.64. The minimum absolute atomic E-state index is 0.169. The molecule has 2 amide bonds. The number of nitrogens with one attached hydrogen (secondary N) is 3. The zero-order valence-electron chi connectivity index (χ0n) is 32.2. The molecule has 0 radical (unpaired) electrons. The zero-order valence-corrected chi connectivity index (χ0v) is 33.1. The number of benzene rings is 4. The monoisotopic (exact) mass is 778 g/mol. The SMILES string of the molecule is COc1c(NC(=O)c2ccc(C)c(N3CC(c4cnn(-c5ccccc5)c4CCNC(=O)OCc4ccccc4)N=N3)c2)cc(C(C)(C)C)cc1NS(C)(=O)=O. The summed E-state index contributed by atoms with van der Waals surface area (Å²) in [5, 5.41) is 21.4. The van der Waals surface area contributed by atoms with Crippen molar-refractivity contribution in [1.29, 1.82) is 0 Å². The Morgan fingerprint density at radius 1 is 0.946 bits per heavy atom. The summed E-state index contributed by atoms with van der Waals surface area (Å²) in [6.07, 6.45) is 2.78. The van der Waals surface area contributed by atoms with Gasteiger partial charge in [-0.1, -0.05) is 80.6 Å². The second-order valence-corrected chi connectivity index (χ2v) is 16.3. The number of carbonyl (C=O) groups excluding carboxylic acids is 2. The highest BCUT2D eigenvalue weighted by Gasteiger charge is 2.29. The first-order chi connectivity index (χ1) is 26.7. The van der Waals surface area contributed by atoms with Crippen molar-refractivity contribution >= 4 is 39.1 Å². The van der Waals surface area contributed by atoms with Crippen molar-refractivity contribution < 1.29 is 27.5 Å². The second kappa shape index (κ2) is 16.7. The van der Waals surface area contributed by atoms with Gasteiger partial charge in [0.1, 0.15) is 12.6 Å². The van der Waals surface area contributed by atoms with Gasteiger partial charge in [0, 0.05) is 24.1 Å². The van der Waals surface area contributed by atoms with Crippen molar-refractivity contribution in [2.75, 3.05) is 41.5 Å². The highest BCUT2D eigenvalue weighted by Crippen LogP contribution is 2.40. The number of para-hydroxylation sites is 1. The van der Waals surface area contributed by atoms with Crippen LogP contribution in [0.25, 0.3) is 5.69 Å². The molecule has 5 aromatic rings. The number of aryl methyl sites for hydroxylation is 1. The second-order valence-electron chi connectivity index (χ2n) is 14.5. The van der Waals surface area contributed by atoms with Gasteiger partial charge in [0.15, 0.2) is 5.75 Å². The van der Waals surface area contributed by atoms with Crippen LogP contribution in [0.2, 0.25) is 0 Å². The predicted molar refractivity (Wildman–Crippen MR) is 216 cm³/mol. The van der Waals surface area contributed by atoms with E-state index in [1.54, 1.807) is 35.5 Å². The zero-order chi connectivity index (χ0) is 40.0. The predicted octanol–water partition coefficient (Wildman–Crippen LogP) is 7.51. The third-order valence-corrected chi connectivity index (χ3v) is 9.79. The number of aromatic nitrogens is 2. The number of ether oxygens (including phenoxy) is 2. The van der Waals surface area contributed by atoms with Gasteiger partial charge in [0.05, 0.1) is 54.6 Å². The average molecular weight is 779 g/mol. The average Bonchev–Trinajstić information content (AvgIpc) is 3.81. The molecule has 0 fully saturated rings. The van der Waals surface area contributed by atoms with Crippen LogP contribution in [0, 0.1) is 6.92 Å².